The summed E-state index contributed by atoms with van der Waals surface area (Å²) in [6.45, 7) is 2.10. The van der Waals surface area contributed by atoms with Crippen molar-refractivity contribution in [1.29, 1.82) is 0 Å². The van der Waals surface area contributed by atoms with Gasteiger partial charge in [0.05, 0.1) is 0 Å². The summed E-state index contributed by atoms with van der Waals surface area (Å²) in [6, 6.07) is 20.1. The van der Waals surface area contributed by atoms with Crippen LogP contribution in [0.5, 0.6) is 11.5 Å². The molecule has 0 aromatic heterocycles. The molecule has 0 aliphatic rings. The van der Waals surface area contributed by atoms with Gasteiger partial charge in [0, 0.05) is 13.2 Å². The van der Waals surface area contributed by atoms with Crippen LogP contribution in [0.25, 0.3) is 0 Å². The van der Waals surface area contributed by atoms with Crippen molar-refractivity contribution in [2.24, 2.45) is 0 Å². The van der Waals surface area contributed by atoms with Crippen LogP contribution in [0.2, 0.25) is 6.04 Å². The van der Waals surface area contributed by atoms with E-state index >= 15 is 0 Å². The van der Waals surface area contributed by atoms with Gasteiger partial charge in [0.15, 0.2) is 0 Å². The Balaban J connectivity index is 2.20. The Morgan fingerprint density at radius 3 is 1.60 bits per heavy atom. The van der Waals surface area contributed by atoms with Gasteiger partial charge in [-0.1, -0.05) is 43.3 Å². The highest BCUT2D eigenvalue weighted by atomic mass is 28.4. The summed E-state index contributed by atoms with van der Waals surface area (Å²) in [4.78, 5) is 0. The Bertz CT molecular complexity index is 460. The molecular formula is C16H20O3Si. The summed E-state index contributed by atoms with van der Waals surface area (Å²) in [6.07, 6.45) is 0.944. The molecule has 0 saturated heterocycles. The molecule has 0 aliphatic heterocycles. The molecule has 20 heavy (non-hydrogen) atoms. The monoisotopic (exact) mass is 288 g/mol. The molecule has 0 spiro atoms. The van der Waals surface area contributed by atoms with E-state index in [1.165, 1.54) is 0 Å². The fourth-order valence-electron chi connectivity index (χ4n) is 1.95. The van der Waals surface area contributed by atoms with Gasteiger partial charge in [-0.05, 0) is 30.7 Å². The van der Waals surface area contributed by atoms with E-state index in [-0.39, 0.29) is 0 Å². The first-order valence-corrected chi connectivity index (χ1v) is 8.74. The van der Waals surface area contributed by atoms with Crippen LogP contribution in [0.1, 0.15) is 13.3 Å². The molecule has 0 unspecified atom stereocenters. The predicted molar refractivity (Wildman–Crippen MR) is 82.0 cm³/mol. The molecule has 106 valence electrons. The van der Waals surface area contributed by atoms with Crippen LogP contribution in [0.4, 0.5) is 0 Å². The average molecular weight is 288 g/mol. The summed E-state index contributed by atoms with van der Waals surface area (Å²) < 4.78 is 17.9. The maximum atomic E-state index is 6.09. The van der Waals surface area contributed by atoms with Gasteiger partial charge in [0.2, 0.25) is 0 Å². The van der Waals surface area contributed by atoms with E-state index in [1.807, 2.05) is 60.7 Å². The van der Waals surface area contributed by atoms with Gasteiger partial charge in [-0.25, -0.2) is 0 Å². The summed E-state index contributed by atoms with van der Waals surface area (Å²) in [5, 5.41) is 0. The molecule has 0 heterocycles. The average Bonchev–Trinajstić information content (AvgIpc) is 2.49. The topological polar surface area (TPSA) is 27.7 Å². The number of hydrogen-bond donors (Lipinski definition) is 0. The van der Waals surface area contributed by atoms with Crippen LogP contribution in [-0.4, -0.2) is 15.9 Å². The lowest BCUT2D eigenvalue weighted by atomic mass is 10.3. The first-order valence-electron chi connectivity index (χ1n) is 6.81. The lowest BCUT2D eigenvalue weighted by Crippen LogP contribution is -2.50. The molecule has 0 radical (unpaired) electrons. The molecule has 0 saturated carbocycles. The Kier molecular flexibility index (Phi) is 5.21. The van der Waals surface area contributed by atoms with Gasteiger partial charge in [0.25, 0.3) is 0 Å². The van der Waals surface area contributed by atoms with Crippen molar-refractivity contribution in [2.75, 3.05) is 7.11 Å². The molecular weight excluding hydrogens is 268 g/mol. The number of rotatable bonds is 7. The second-order valence-corrected chi connectivity index (χ2v) is 7.15. The Morgan fingerprint density at radius 2 is 1.25 bits per heavy atom. The van der Waals surface area contributed by atoms with Crippen LogP contribution < -0.4 is 8.85 Å². The zero-order valence-electron chi connectivity index (χ0n) is 11.9. The van der Waals surface area contributed by atoms with E-state index in [0.717, 1.165) is 24.0 Å². The van der Waals surface area contributed by atoms with Crippen LogP contribution in [0.15, 0.2) is 60.7 Å². The molecule has 2 rings (SSSR count). The Morgan fingerprint density at radius 1 is 0.800 bits per heavy atom. The smallest absolute Gasteiger partial charge is 0.492 e. The molecule has 0 N–H and O–H groups in total. The minimum absolute atomic E-state index is 0.771. The van der Waals surface area contributed by atoms with Crippen LogP contribution in [-0.2, 0) is 4.43 Å². The SMILES string of the molecule is CCC[Si](OC)(Oc1ccccc1)Oc1ccccc1. The molecule has 2 aromatic rings. The van der Waals surface area contributed by atoms with E-state index in [0.29, 0.717) is 0 Å². The molecule has 0 atom stereocenters. The van der Waals surface area contributed by atoms with Crippen molar-refractivity contribution >= 4 is 8.80 Å². The van der Waals surface area contributed by atoms with Gasteiger partial charge in [0.1, 0.15) is 11.5 Å². The fourth-order valence-corrected chi connectivity index (χ4v) is 4.17. The summed E-state index contributed by atoms with van der Waals surface area (Å²) in [5.74, 6) is 1.57. The standard InChI is InChI=1S/C16H20O3Si/c1-3-14-20(17-2,18-15-10-6-4-7-11-15)19-16-12-8-5-9-13-16/h4-13H,3,14H2,1-2H3. The molecule has 0 amide bonds. The highest BCUT2D eigenvalue weighted by molar-refractivity contribution is 6.62. The van der Waals surface area contributed by atoms with Crippen molar-refractivity contribution in [3.63, 3.8) is 0 Å². The van der Waals surface area contributed by atoms with Crippen molar-refractivity contribution in [2.45, 2.75) is 19.4 Å². The van der Waals surface area contributed by atoms with Gasteiger partial charge in [-0.2, -0.15) is 0 Å². The Hall–Kier alpha value is -1.78. The lowest BCUT2D eigenvalue weighted by molar-refractivity contribution is 0.204. The third-order valence-corrected chi connectivity index (χ3v) is 5.73. The second-order valence-electron chi connectivity index (χ2n) is 4.47. The number of benzene rings is 2. The van der Waals surface area contributed by atoms with Gasteiger partial charge < -0.3 is 13.3 Å². The van der Waals surface area contributed by atoms with Crippen molar-refractivity contribution in [3.05, 3.63) is 60.7 Å². The fraction of sp³-hybridized carbons (Fsp3) is 0.250. The highest BCUT2D eigenvalue weighted by Crippen LogP contribution is 2.24. The van der Waals surface area contributed by atoms with Crippen molar-refractivity contribution < 1.29 is 13.3 Å². The third kappa shape index (κ3) is 3.85. The minimum Gasteiger partial charge on any atom is -0.492 e. The molecule has 0 bridgehead atoms. The van der Waals surface area contributed by atoms with Gasteiger partial charge >= 0.3 is 8.80 Å². The zero-order valence-corrected chi connectivity index (χ0v) is 12.9. The summed E-state index contributed by atoms with van der Waals surface area (Å²) in [7, 11) is -1.09. The van der Waals surface area contributed by atoms with Crippen molar-refractivity contribution in [3.8, 4) is 11.5 Å². The van der Waals surface area contributed by atoms with E-state index in [1.54, 1.807) is 7.11 Å². The van der Waals surface area contributed by atoms with Crippen LogP contribution in [0.3, 0.4) is 0 Å². The van der Waals surface area contributed by atoms with Crippen LogP contribution >= 0.6 is 0 Å². The maximum Gasteiger partial charge on any atom is 0.631 e. The normalized spacial score (nSPS) is 11.1. The van der Waals surface area contributed by atoms with E-state index in [4.69, 9.17) is 13.3 Å². The maximum absolute atomic E-state index is 6.09. The van der Waals surface area contributed by atoms with Crippen molar-refractivity contribution in [1.82, 2.24) is 0 Å². The first-order chi connectivity index (χ1) is 9.78. The molecule has 2 aromatic carbocycles. The minimum atomic E-state index is -2.75. The third-order valence-electron chi connectivity index (χ3n) is 2.90. The molecule has 3 nitrogen and oxygen atoms in total. The molecule has 4 heteroatoms. The number of para-hydroxylation sites is 2. The first kappa shape index (κ1) is 14.6. The van der Waals surface area contributed by atoms with E-state index in [2.05, 4.69) is 6.92 Å². The van der Waals surface area contributed by atoms with E-state index in [9.17, 15) is 0 Å². The Labute approximate surface area is 121 Å². The zero-order chi connectivity index (χ0) is 14.3. The summed E-state index contributed by atoms with van der Waals surface area (Å²) >= 11 is 0. The predicted octanol–water partition coefficient (Wildman–Crippen LogP) is 4.14. The second kappa shape index (κ2) is 7.12. The van der Waals surface area contributed by atoms with Gasteiger partial charge in [-0.15, -0.1) is 0 Å². The quantitative estimate of drug-likeness (QED) is 0.717. The largest absolute Gasteiger partial charge is 0.631 e. The van der Waals surface area contributed by atoms with E-state index < -0.39 is 8.80 Å². The van der Waals surface area contributed by atoms with Gasteiger partial charge in [-0.3, -0.25) is 0 Å². The van der Waals surface area contributed by atoms with Crippen LogP contribution in [0, 0.1) is 0 Å². The lowest BCUT2D eigenvalue weighted by Gasteiger charge is -2.28. The molecule has 0 aliphatic carbocycles. The molecule has 0 fully saturated rings. The highest BCUT2D eigenvalue weighted by Gasteiger charge is 2.44. The number of hydrogen-bond acceptors (Lipinski definition) is 3. The summed E-state index contributed by atoms with van der Waals surface area (Å²) in [5.41, 5.74) is 0.